The molecule has 0 bridgehead atoms. The number of primary amides is 1. The van der Waals surface area contributed by atoms with Crippen molar-refractivity contribution in [2.24, 2.45) is 5.73 Å². The number of carbonyl (C=O) groups is 1. The molecule has 1 amide bonds. The number of aromatic amines is 1. The van der Waals surface area contributed by atoms with Gasteiger partial charge in [-0.25, -0.2) is 8.42 Å². The van der Waals surface area contributed by atoms with Gasteiger partial charge in [0.05, 0.1) is 11.1 Å². The molecular weight excluding hydrogens is 328 g/mol. The number of sulfonamides is 1. The minimum Gasteiger partial charge on any atom is -0.364 e. The van der Waals surface area contributed by atoms with Crippen molar-refractivity contribution in [3.8, 4) is 0 Å². The van der Waals surface area contributed by atoms with Gasteiger partial charge >= 0.3 is 0 Å². The topological polar surface area (TPSA) is 118 Å². The van der Waals surface area contributed by atoms with Gasteiger partial charge in [-0.1, -0.05) is 29.8 Å². The molecule has 4 N–H and O–H groups in total. The number of benzene rings is 1. The van der Waals surface area contributed by atoms with Gasteiger partial charge in [-0.2, -0.15) is 5.10 Å². The minimum absolute atomic E-state index is 0.0244. The molecule has 0 aliphatic rings. The third-order valence-corrected chi connectivity index (χ3v) is 4.08. The fraction of sp³-hybridized carbons (Fsp3) is 0.0769. The number of nitrogens with one attached hydrogen (secondary N) is 2. The van der Waals surface area contributed by atoms with E-state index in [0.717, 1.165) is 5.41 Å². The normalized spacial score (nSPS) is 11.7. The zero-order valence-corrected chi connectivity index (χ0v) is 13.1. The van der Waals surface area contributed by atoms with Gasteiger partial charge in [0.15, 0.2) is 5.69 Å². The van der Waals surface area contributed by atoms with Crippen LogP contribution in [0.4, 0.5) is 5.69 Å². The molecule has 0 fully saturated rings. The lowest BCUT2D eigenvalue weighted by Gasteiger charge is -2.04. The van der Waals surface area contributed by atoms with E-state index in [2.05, 4.69) is 14.9 Å². The molecule has 0 aliphatic carbocycles. The smallest absolute Gasteiger partial charge is 0.271 e. The number of halogens is 1. The molecule has 1 heterocycles. The third-order valence-electron chi connectivity index (χ3n) is 2.76. The van der Waals surface area contributed by atoms with Crippen molar-refractivity contribution < 1.29 is 13.2 Å². The first-order chi connectivity index (χ1) is 10.3. The first kappa shape index (κ1) is 16.1. The van der Waals surface area contributed by atoms with Crippen molar-refractivity contribution in [3.05, 3.63) is 51.6 Å². The van der Waals surface area contributed by atoms with E-state index in [9.17, 15) is 13.2 Å². The largest absolute Gasteiger partial charge is 0.364 e. The second-order valence-electron chi connectivity index (χ2n) is 4.41. The van der Waals surface area contributed by atoms with Crippen LogP contribution in [0.15, 0.2) is 29.7 Å². The summed E-state index contributed by atoms with van der Waals surface area (Å²) >= 11 is 5.95. The lowest BCUT2D eigenvalue weighted by Crippen LogP contribution is -2.17. The average molecular weight is 341 g/mol. The van der Waals surface area contributed by atoms with Crippen LogP contribution in [0.1, 0.15) is 21.7 Å². The third kappa shape index (κ3) is 3.66. The Kier molecular flexibility index (Phi) is 4.53. The summed E-state index contributed by atoms with van der Waals surface area (Å²) < 4.78 is 26.4. The van der Waals surface area contributed by atoms with Gasteiger partial charge in [0.25, 0.3) is 15.9 Å². The van der Waals surface area contributed by atoms with Crippen LogP contribution in [0.3, 0.4) is 0 Å². The number of aryl methyl sites for hydroxylation is 1. The van der Waals surface area contributed by atoms with Crippen LogP contribution in [0.2, 0.25) is 5.02 Å². The fourth-order valence-corrected chi connectivity index (χ4v) is 2.81. The Labute approximate surface area is 132 Å². The average Bonchev–Trinajstić information content (AvgIpc) is 2.79. The lowest BCUT2D eigenvalue weighted by atomic mass is 10.2. The molecule has 22 heavy (non-hydrogen) atoms. The van der Waals surface area contributed by atoms with Gasteiger partial charge in [-0.05, 0) is 24.6 Å². The molecule has 0 saturated carbocycles. The first-order valence-electron chi connectivity index (χ1n) is 6.10. The number of amides is 1. The Balaban J connectivity index is 2.28. The first-order valence-corrected chi connectivity index (χ1v) is 8.03. The fourth-order valence-electron chi connectivity index (χ4n) is 1.68. The van der Waals surface area contributed by atoms with E-state index in [0.29, 0.717) is 16.3 Å². The summed E-state index contributed by atoms with van der Waals surface area (Å²) in [5, 5.41) is 7.53. The van der Waals surface area contributed by atoms with E-state index in [1.807, 2.05) is 0 Å². The molecule has 9 heteroatoms. The maximum Gasteiger partial charge on any atom is 0.271 e. The molecule has 7 nitrogen and oxygen atoms in total. The highest BCUT2D eigenvalue weighted by Crippen LogP contribution is 2.20. The van der Waals surface area contributed by atoms with E-state index in [-0.39, 0.29) is 11.4 Å². The molecule has 0 spiro atoms. The number of hydrogen-bond donors (Lipinski definition) is 3. The molecular formula is C13H13ClN4O3S. The molecule has 1 aromatic carbocycles. The van der Waals surface area contributed by atoms with Crippen molar-refractivity contribution in [2.75, 3.05) is 4.72 Å². The van der Waals surface area contributed by atoms with Crippen LogP contribution in [0.25, 0.3) is 6.08 Å². The van der Waals surface area contributed by atoms with Crippen molar-refractivity contribution in [1.29, 1.82) is 0 Å². The summed E-state index contributed by atoms with van der Waals surface area (Å²) in [6.07, 6.45) is 1.35. The Morgan fingerprint density at radius 3 is 2.73 bits per heavy atom. The molecule has 0 atom stereocenters. The quantitative estimate of drug-likeness (QED) is 0.770. The highest BCUT2D eigenvalue weighted by Gasteiger charge is 2.19. The molecule has 2 rings (SSSR count). The SMILES string of the molecule is Cc1[nH]nc(C(N)=O)c1NS(=O)(=O)/C=C/c1ccccc1Cl. The predicted octanol–water partition coefficient (Wildman–Crippen LogP) is 1.88. The van der Waals surface area contributed by atoms with Crippen LogP contribution >= 0.6 is 11.6 Å². The number of nitrogens with zero attached hydrogens (tertiary/aromatic N) is 1. The van der Waals surface area contributed by atoms with E-state index in [1.54, 1.807) is 31.2 Å². The van der Waals surface area contributed by atoms with E-state index < -0.39 is 15.9 Å². The van der Waals surface area contributed by atoms with Crippen molar-refractivity contribution in [1.82, 2.24) is 10.2 Å². The zero-order chi connectivity index (χ0) is 16.3. The molecule has 2 aromatic rings. The highest BCUT2D eigenvalue weighted by molar-refractivity contribution is 7.95. The number of nitrogens with two attached hydrogens (primary N) is 1. The summed E-state index contributed by atoms with van der Waals surface area (Å²) in [6, 6.07) is 6.79. The van der Waals surface area contributed by atoms with Crippen LogP contribution in [0.5, 0.6) is 0 Å². The van der Waals surface area contributed by atoms with Gasteiger partial charge in [-0.3, -0.25) is 14.6 Å². The van der Waals surface area contributed by atoms with Crippen molar-refractivity contribution >= 4 is 39.3 Å². The summed E-state index contributed by atoms with van der Waals surface area (Å²) in [5.41, 5.74) is 5.92. The number of anilines is 1. The predicted molar refractivity (Wildman–Crippen MR) is 84.9 cm³/mol. The highest BCUT2D eigenvalue weighted by atomic mass is 35.5. The number of aromatic nitrogens is 2. The Morgan fingerprint density at radius 1 is 1.41 bits per heavy atom. The molecule has 0 radical (unpaired) electrons. The number of hydrogen-bond acceptors (Lipinski definition) is 4. The number of carbonyl (C=O) groups excluding carboxylic acids is 1. The van der Waals surface area contributed by atoms with Gasteiger partial charge in [0.1, 0.15) is 5.69 Å². The zero-order valence-electron chi connectivity index (χ0n) is 11.5. The standard InChI is InChI=1S/C13H13ClN4O3S/c1-8-11(12(13(15)19)17-16-8)18-22(20,21)7-6-9-4-2-3-5-10(9)14/h2-7,18H,1H3,(H2,15,19)(H,16,17)/b7-6+. The summed E-state index contributed by atoms with van der Waals surface area (Å²) in [5.74, 6) is -0.836. The maximum atomic E-state index is 12.1. The minimum atomic E-state index is -3.85. The van der Waals surface area contributed by atoms with E-state index in [1.165, 1.54) is 6.08 Å². The van der Waals surface area contributed by atoms with Crippen LogP contribution in [-0.2, 0) is 10.0 Å². The Morgan fingerprint density at radius 2 is 2.09 bits per heavy atom. The molecule has 0 unspecified atom stereocenters. The van der Waals surface area contributed by atoms with Gasteiger partial charge in [0.2, 0.25) is 0 Å². The van der Waals surface area contributed by atoms with Crippen LogP contribution in [-0.4, -0.2) is 24.5 Å². The number of H-pyrrole nitrogens is 1. The summed E-state index contributed by atoms with van der Waals surface area (Å²) in [7, 11) is -3.85. The van der Waals surface area contributed by atoms with Gasteiger partial charge < -0.3 is 5.73 Å². The maximum absolute atomic E-state index is 12.1. The van der Waals surface area contributed by atoms with Crippen LogP contribution in [0, 0.1) is 6.92 Å². The molecule has 1 aromatic heterocycles. The van der Waals surface area contributed by atoms with E-state index >= 15 is 0 Å². The Bertz CT molecular complexity index is 843. The van der Waals surface area contributed by atoms with Crippen molar-refractivity contribution in [2.45, 2.75) is 6.92 Å². The molecule has 116 valence electrons. The van der Waals surface area contributed by atoms with E-state index in [4.69, 9.17) is 17.3 Å². The number of rotatable bonds is 5. The van der Waals surface area contributed by atoms with Gasteiger partial charge in [-0.15, -0.1) is 0 Å². The van der Waals surface area contributed by atoms with Crippen LogP contribution < -0.4 is 10.5 Å². The van der Waals surface area contributed by atoms with Crippen molar-refractivity contribution in [3.63, 3.8) is 0 Å². The summed E-state index contributed by atoms with van der Waals surface area (Å²) in [6.45, 7) is 1.56. The summed E-state index contributed by atoms with van der Waals surface area (Å²) in [4.78, 5) is 11.2. The molecule has 0 saturated heterocycles. The second-order valence-corrected chi connectivity index (χ2v) is 6.38. The van der Waals surface area contributed by atoms with Gasteiger partial charge in [0, 0.05) is 5.02 Å². The molecule has 0 aliphatic heterocycles. The Hall–Kier alpha value is -2.32. The second kappa shape index (κ2) is 6.20. The monoisotopic (exact) mass is 340 g/mol. The lowest BCUT2D eigenvalue weighted by molar-refractivity contribution is 0.0996.